The van der Waals surface area contributed by atoms with Crippen LogP contribution in [0.2, 0.25) is 0 Å². The highest BCUT2D eigenvalue weighted by Crippen LogP contribution is 2.62. The minimum atomic E-state index is -0.905. The minimum Gasteiger partial charge on any atom is -0.447 e. The van der Waals surface area contributed by atoms with Gasteiger partial charge in [0, 0.05) is 39.3 Å². The van der Waals surface area contributed by atoms with Gasteiger partial charge in [-0.3, -0.25) is 9.59 Å². The summed E-state index contributed by atoms with van der Waals surface area (Å²) in [7, 11) is 1.66. The van der Waals surface area contributed by atoms with E-state index < -0.39 is 12.1 Å². The van der Waals surface area contributed by atoms with Crippen molar-refractivity contribution in [3.8, 4) is 0 Å². The number of carbonyl (C=O) groups is 3. The SMILES string of the molecule is CCCCCCCCCCCCCCCCCCNC(=O)C(COC(=O)NC12CC(OCCOC)(C1)C2)NC(=O)CCCCCCCCCCCCCCCCC. The van der Waals surface area contributed by atoms with E-state index in [1.54, 1.807) is 7.11 Å². The molecule has 3 N–H and O–H groups in total. The van der Waals surface area contributed by atoms with Gasteiger partial charge in [0.25, 0.3) is 0 Å². The number of carbonyl (C=O) groups excluding carboxylic acids is 3. The fraction of sp³-hybridized carbons (Fsp3) is 0.938. The lowest BCUT2D eigenvalue weighted by atomic mass is 9.46. The van der Waals surface area contributed by atoms with Gasteiger partial charge in [-0.1, -0.05) is 200 Å². The van der Waals surface area contributed by atoms with Gasteiger partial charge in [-0.05, 0) is 12.8 Å². The Morgan fingerprint density at radius 3 is 1.37 bits per heavy atom. The molecule has 0 aromatic heterocycles. The van der Waals surface area contributed by atoms with Crippen LogP contribution in [0.4, 0.5) is 4.79 Å². The van der Waals surface area contributed by atoms with E-state index in [1.807, 2.05) is 0 Å². The van der Waals surface area contributed by atoms with Crippen molar-refractivity contribution in [1.82, 2.24) is 16.0 Å². The highest BCUT2D eigenvalue weighted by Gasteiger charge is 2.70. The van der Waals surface area contributed by atoms with E-state index in [4.69, 9.17) is 14.2 Å². The smallest absolute Gasteiger partial charge is 0.407 e. The van der Waals surface area contributed by atoms with Crippen LogP contribution in [0.1, 0.15) is 239 Å². The van der Waals surface area contributed by atoms with E-state index in [1.165, 1.54) is 167 Å². The Balaban J connectivity index is 1.58. The topological polar surface area (TPSA) is 115 Å². The van der Waals surface area contributed by atoms with E-state index in [0.29, 0.717) is 26.2 Å². The number of hydrogen-bond donors (Lipinski definition) is 3. The lowest BCUT2D eigenvalue weighted by Crippen LogP contribution is -2.79. The van der Waals surface area contributed by atoms with Crippen LogP contribution < -0.4 is 16.0 Å². The molecule has 9 heteroatoms. The van der Waals surface area contributed by atoms with Gasteiger partial charge in [0.1, 0.15) is 12.6 Å². The van der Waals surface area contributed by atoms with Crippen molar-refractivity contribution >= 4 is 17.9 Å². The summed E-state index contributed by atoms with van der Waals surface area (Å²) in [5.41, 5.74) is -0.437. The average molecular weight is 806 g/mol. The highest BCUT2D eigenvalue weighted by molar-refractivity contribution is 5.88. The zero-order chi connectivity index (χ0) is 41.1. The van der Waals surface area contributed by atoms with Gasteiger partial charge in [-0.25, -0.2) is 4.79 Å². The number of alkyl carbamates (subject to hydrolysis) is 1. The summed E-state index contributed by atoms with van der Waals surface area (Å²) in [4.78, 5) is 38.9. The van der Waals surface area contributed by atoms with E-state index in [-0.39, 0.29) is 29.6 Å². The largest absolute Gasteiger partial charge is 0.447 e. The molecule has 3 saturated carbocycles. The van der Waals surface area contributed by atoms with Crippen LogP contribution in [0, 0.1) is 0 Å². The van der Waals surface area contributed by atoms with Crippen molar-refractivity contribution in [2.75, 3.05) is 33.5 Å². The molecule has 0 saturated heterocycles. The van der Waals surface area contributed by atoms with Crippen molar-refractivity contribution in [2.45, 2.75) is 256 Å². The molecule has 2 bridgehead atoms. The number of methoxy groups -OCH3 is 1. The quantitative estimate of drug-likeness (QED) is 0.0529. The first-order chi connectivity index (χ1) is 27.9. The van der Waals surface area contributed by atoms with Crippen LogP contribution >= 0.6 is 0 Å². The second-order valence-electron chi connectivity index (χ2n) is 18.0. The molecule has 0 spiro atoms. The molecule has 1 unspecified atom stereocenters. The van der Waals surface area contributed by atoms with Crippen LogP contribution in [0.5, 0.6) is 0 Å². The zero-order valence-corrected chi connectivity index (χ0v) is 37.6. The molecule has 0 aromatic carbocycles. The third kappa shape index (κ3) is 25.4. The molecule has 0 aliphatic heterocycles. The normalized spacial score (nSPS) is 18.7. The first-order valence-corrected chi connectivity index (χ1v) is 24.5. The molecule has 9 nitrogen and oxygen atoms in total. The summed E-state index contributed by atoms with van der Waals surface area (Å²) in [5, 5.41) is 8.87. The predicted octanol–water partition coefficient (Wildman–Crippen LogP) is 12.2. The summed E-state index contributed by atoms with van der Waals surface area (Å²) in [6, 6.07) is -0.905. The number of nitrogens with one attached hydrogen (secondary N) is 3. The monoisotopic (exact) mass is 806 g/mol. The molecular weight excluding hydrogens is 715 g/mol. The predicted molar refractivity (Wildman–Crippen MR) is 236 cm³/mol. The fourth-order valence-electron chi connectivity index (χ4n) is 8.85. The summed E-state index contributed by atoms with van der Waals surface area (Å²) in [5.74, 6) is -0.449. The van der Waals surface area contributed by atoms with Crippen molar-refractivity contribution in [2.24, 2.45) is 0 Å². The molecule has 3 amide bonds. The van der Waals surface area contributed by atoms with Crippen LogP contribution in [-0.2, 0) is 23.8 Å². The van der Waals surface area contributed by atoms with Crippen LogP contribution in [0.15, 0.2) is 0 Å². The van der Waals surface area contributed by atoms with E-state index >= 15 is 0 Å². The maximum absolute atomic E-state index is 13.2. The maximum atomic E-state index is 13.2. The Morgan fingerprint density at radius 2 is 0.947 bits per heavy atom. The summed E-state index contributed by atoms with van der Waals surface area (Å²) in [6.45, 7) is 6.02. The second-order valence-corrected chi connectivity index (χ2v) is 18.0. The lowest BCUT2D eigenvalue weighted by Gasteiger charge is -2.69. The first kappa shape index (κ1) is 51.3. The third-order valence-electron chi connectivity index (χ3n) is 12.4. The Labute approximate surface area is 350 Å². The summed E-state index contributed by atoms with van der Waals surface area (Å²) >= 11 is 0. The van der Waals surface area contributed by atoms with Crippen molar-refractivity contribution < 1.29 is 28.6 Å². The first-order valence-electron chi connectivity index (χ1n) is 24.5. The van der Waals surface area contributed by atoms with Crippen LogP contribution in [0.25, 0.3) is 0 Å². The summed E-state index contributed by atoms with van der Waals surface area (Å²) in [6.07, 6.45) is 42.1. The zero-order valence-electron chi connectivity index (χ0n) is 37.6. The molecule has 3 aliphatic rings. The average Bonchev–Trinajstić information content (AvgIpc) is 3.17. The van der Waals surface area contributed by atoms with Gasteiger partial charge in [0.15, 0.2) is 0 Å². The molecule has 0 heterocycles. The molecule has 0 radical (unpaired) electrons. The number of amides is 3. The number of unbranched alkanes of at least 4 members (excludes halogenated alkanes) is 29. The Morgan fingerprint density at radius 1 is 0.544 bits per heavy atom. The minimum absolute atomic E-state index is 0.151. The molecule has 334 valence electrons. The summed E-state index contributed by atoms with van der Waals surface area (Å²) < 4.78 is 16.6. The number of hydrogen-bond acceptors (Lipinski definition) is 6. The Bertz CT molecular complexity index is 989. The van der Waals surface area contributed by atoms with Gasteiger partial charge >= 0.3 is 6.09 Å². The molecule has 1 atom stereocenters. The van der Waals surface area contributed by atoms with E-state index in [9.17, 15) is 14.4 Å². The van der Waals surface area contributed by atoms with Crippen molar-refractivity contribution in [3.05, 3.63) is 0 Å². The van der Waals surface area contributed by atoms with Crippen LogP contribution in [0.3, 0.4) is 0 Å². The van der Waals surface area contributed by atoms with E-state index in [2.05, 4.69) is 29.8 Å². The molecule has 3 aliphatic carbocycles. The molecule has 0 aromatic rings. The van der Waals surface area contributed by atoms with E-state index in [0.717, 1.165) is 51.4 Å². The van der Waals surface area contributed by atoms with Gasteiger partial charge in [-0.15, -0.1) is 0 Å². The molecule has 3 rings (SSSR count). The molecule has 57 heavy (non-hydrogen) atoms. The lowest BCUT2D eigenvalue weighted by molar-refractivity contribution is -0.251. The fourth-order valence-corrected chi connectivity index (χ4v) is 8.85. The van der Waals surface area contributed by atoms with Crippen LogP contribution in [-0.4, -0.2) is 68.6 Å². The second kappa shape index (κ2) is 33.9. The molecular formula is C48H91N3O6. The van der Waals surface area contributed by atoms with Gasteiger partial charge in [-0.2, -0.15) is 0 Å². The Hall–Kier alpha value is -1.87. The van der Waals surface area contributed by atoms with Crippen molar-refractivity contribution in [1.29, 1.82) is 0 Å². The Kier molecular flexibility index (Phi) is 30.5. The van der Waals surface area contributed by atoms with Gasteiger partial charge in [0.2, 0.25) is 11.8 Å². The van der Waals surface area contributed by atoms with Gasteiger partial charge < -0.3 is 30.2 Å². The van der Waals surface area contributed by atoms with Gasteiger partial charge in [0.05, 0.1) is 24.4 Å². The van der Waals surface area contributed by atoms with Crippen molar-refractivity contribution in [3.63, 3.8) is 0 Å². The molecule has 3 fully saturated rings. The highest BCUT2D eigenvalue weighted by atomic mass is 16.6. The number of ether oxygens (including phenoxy) is 3. The maximum Gasteiger partial charge on any atom is 0.407 e. The number of rotatable bonds is 42. The standard InChI is InChI=1S/C48H91N3O6/c1-4-6-8-10-12-14-16-18-20-22-24-26-28-30-32-34-36-49-45(53)43(39-56-46(54)51-47-40-48(41-47,42-47)57-38-37-55-3)50-44(52)35-33-31-29-27-25-23-21-19-17-15-13-11-9-7-5-2/h43H,4-42H2,1-3H3,(H,49,53)(H,50,52)(H,51,54). The third-order valence-corrected chi connectivity index (χ3v) is 12.4.